The second-order valence-corrected chi connectivity index (χ2v) is 7.38. The number of nitrogens with zero attached hydrogens (tertiary/aromatic N) is 3. The molecule has 0 radical (unpaired) electrons. The maximum atomic E-state index is 12.3. The number of benzene rings is 1. The first-order valence-corrected chi connectivity index (χ1v) is 8.35. The summed E-state index contributed by atoms with van der Waals surface area (Å²) in [5, 5.41) is 11.2. The minimum atomic E-state index is -0.537. The third-order valence-corrected chi connectivity index (χ3v) is 4.32. The molecule has 0 N–H and O–H groups in total. The molecule has 0 aromatic heterocycles. The number of nitro benzene ring substituents is 1. The Kier molecular flexibility index (Phi) is 4.55. The summed E-state index contributed by atoms with van der Waals surface area (Å²) in [7, 11) is 0. The van der Waals surface area contributed by atoms with E-state index in [2.05, 4.69) is 4.90 Å². The molecule has 2 aliphatic rings. The SMILES string of the molecule is CC(C)(C)OC(=O)N1CCN2Cc3cccc([N+](=O)[O-])c3OCC2C1. The zero-order valence-electron chi connectivity index (χ0n) is 14.7. The molecular weight excluding hydrogens is 326 g/mol. The Labute approximate surface area is 146 Å². The minimum absolute atomic E-state index is 0.0126. The van der Waals surface area contributed by atoms with Gasteiger partial charge in [0.25, 0.3) is 0 Å². The lowest BCUT2D eigenvalue weighted by Gasteiger charge is -2.40. The fourth-order valence-electron chi connectivity index (χ4n) is 3.16. The number of hydrogen-bond acceptors (Lipinski definition) is 6. The van der Waals surface area contributed by atoms with E-state index < -0.39 is 10.5 Å². The molecule has 3 rings (SSSR count). The number of amides is 1. The number of ether oxygens (including phenoxy) is 2. The molecule has 0 spiro atoms. The van der Waals surface area contributed by atoms with Crippen LogP contribution in [-0.4, -0.2) is 58.7 Å². The van der Waals surface area contributed by atoms with E-state index in [-0.39, 0.29) is 17.8 Å². The molecule has 0 aliphatic carbocycles. The molecule has 1 fully saturated rings. The van der Waals surface area contributed by atoms with Crippen molar-refractivity contribution in [1.29, 1.82) is 0 Å². The van der Waals surface area contributed by atoms with Crippen LogP contribution in [0.25, 0.3) is 0 Å². The third-order valence-electron chi connectivity index (χ3n) is 4.32. The van der Waals surface area contributed by atoms with E-state index in [1.807, 2.05) is 26.8 Å². The summed E-state index contributed by atoms with van der Waals surface area (Å²) in [4.78, 5) is 27.0. The molecule has 1 amide bonds. The van der Waals surface area contributed by atoms with Gasteiger partial charge in [-0.05, 0) is 20.8 Å². The van der Waals surface area contributed by atoms with E-state index in [4.69, 9.17) is 9.47 Å². The number of nitro groups is 1. The third kappa shape index (κ3) is 3.84. The van der Waals surface area contributed by atoms with Crippen molar-refractivity contribution in [3.63, 3.8) is 0 Å². The van der Waals surface area contributed by atoms with Crippen molar-refractivity contribution < 1.29 is 19.2 Å². The quantitative estimate of drug-likeness (QED) is 0.572. The van der Waals surface area contributed by atoms with Gasteiger partial charge < -0.3 is 14.4 Å². The molecule has 0 bridgehead atoms. The molecule has 8 nitrogen and oxygen atoms in total. The molecule has 8 heteroatoms. The molecule has 2 heterocycles. The Balaban J connectivity index is 1.74. The number of carbonyl (C=O) groups excluding carboxylic acids is 1. The Hall–Kier alpha value is -2.35. The summed E-state index contributed by atoms with van der Waals surface area (Å²) < 4.78 is 11.2. The summed E-state index contributed by atoms with van der Waals surface area (Å²) in [5.74, 6) is 0.339. The molecule has 136 valence electrons. The fraction of sp³-hybridized carbons (Fsp3) is 0.588. The number of piperazine rings is 1. The van der Waals surface area contributed by atoms with Crippen LogP contribution in [0.5, 0.6) is 5.75 Å². The smallest absolute Gasteiger partial charge is 0.410 e. The van der Waals surface area contributed by atoms with E-state index in [9.17, 15) is 14.9 Å². The van der Waals surface area contributed by atoms with E-state index in [0.717, 1.165) is 5.56 Å². The molecule has 1 aromatic carbocycles. The summed E-state index contributed by atoms with van der Waals surface area (Å²) in [6, 6.07) is 4.96. The van der Waals surface area contributed by atoms with Crippen molar-refractivity contribution in [3.8, 4) is 5.75 Å². The van der Waals surface area contributed by atoms with Crippen molar-refractivity contribution in [3.05, 3.63) is 33.9 Å². The van der Waals surface area contributed by atoms with Gasteiger partial charge in [0.2, 0.25) is 5.75 Å². The molecule has 1 atom stereocenters. The monoisotopic (exact) mass is 349 g/mol. The lowest BCUT2D eigenvalue weighted by molar-refractivity contribution is -0.385. The van der Waals surface area contributed by atoms with Crippen molar-refractivity contribution in [2.75, 3.05) is 26.2 Å². The highest BCUT2D eigenvalue weighted by Crippen LogP contribution is 2.35. The first-order valence-electron chi connectivity index (χ1n) is 8.35. The van der Waals surface area contributed by atoms with Gasteiger partial charge in [-0.15, -0.1) is 0 Å². The zero-order valence-corrected chi connectivity index (χ0v) is 14.7. The van der Waals surface area contributed by atoms with Gasteiger partial charge in [-0.1, -0.05) is 12.1 Å². The Morgan fingerprint density at radius 2 is 2.12 bits per heavy atom. The predicted molar refractivity (Wildman–Crippen MR) is 90.6 cm³/mol. The first kappa shape index (κ1) is 17.5. The van der Waals surface area contributed by atoms with Crippen LogP contribution < -0.4 is 4.74 Å². The lowest BCUT2D eigenvalue weighted by atomic mass is 10.1. The van der Waals surface area contributed by atoms with Crippen LogP contribution in [0.1, 0.15) is 26.3 Å². The number of carbonyl (C=O) groups is 1. The molecule has 25 heavy (non-hydrogen) atoms. The van der Waals surface area contributed by atoms with Crippen molar-refractivity contribution in [1.82, 2.24) is 9.80 Å². The van der Waals surface area contributed by atoms with E-state index >= 15 is 0 Å². The zero-order chi connectivity index (χ0) is 18.2. The fourth-order valence-corrected chi connectivity index (χ4v) is 3.16. The molecule has 1 saturated heterocycles. The first-order chi connectivity index (χ1) is 11.7. The van der Waals surface area contributed by atoms with Gasteiger partial charge in [0.15, 0.2) is 0 Å². The highest BCUT2D eigenvalue weighted by molar-refractivity contribution is 5.68. The van der Waals surface area contributed by atoms with Crippen LogP contribution in [0.15, 0.2) is 18.2 Å². The Morgan fingerprint density at radius 1 is 1.36 bits per heavy atom. The van der Waals surface area contributed by atoms with Crippen LogP contribution in [0.4, 0.5) is 10.5 Å². The van der Waals surface area contributed by atoms with Gasteiger partial charge in [-0.25, -0.2) is 4.79 Å². The summed E-state index contributed by atoms with van der Waals surface area (Å²) in [6.45, 7) is 8.12. The highest BCUT2D eigenvalue weighted by atomic mass is 16.6. The highest BCUT2D eigenvalue weighted by Gasteiger charge is 2.35. The second-order valence-electron chi connectivity index (χ2n) is 7.38. The maximum Gasteiger partial charge on any atom is 0.410 e. The average Bonchev–Trinajstić information content (AvgIpc) is 2.71. The van der Waals surface area contributed by atoms with Gasteiger partial charge in [-0.2, -0.15) is 0 Å². The number of para-hydroxylation sites is 1. The number of rotatable bonds is 1. The van der Waals surface area contributed by atoms with E-state index in [1.165, 1.54) is 6.07 Å². The number of hydrogen-bond donors (Lipinski definition) is 0. The molecule has 1 unspecified atom stereocenters. The van der Waals surface area contributed by atoms with Gasteiger partial charge in [0.05, 0.1) is 11.0 Å². The minimum Gasteiger partial charge on any atom is -0.485 e. The van der Waals surface area contributed by atoms with E-state index in [0.29, 0.717) is 38.5 Å². The number of fused-ring (bicyclic) bond motifs is 2. The normalized spacial score (nSPS) is 20.8. The lowest BCUT2D eigenvalue weighted by Crippen LogP contribution is -2.56. The largest absolute Gasteiger partial charge is 0.485 e. The van der Waals surface area contributed by atoms with E-state index in [1.54, 1.807) is 11.0 Å². The topological polar surface area (TPSA) is 85.2 Å². The van der Waals surface area contributed by atoms with Crippen LogP contribution in [0.2, 0.25) is 0 Å². The van der Waals surface area contributed by atoms with Gasteiger partial charge in [0, 0.05) is 37.8 Å². The Bertz CT molecular complexity index is 685. The predicted octanol–water partition coefficient (Wildman–Crippen LogP) is 2.41. The molecular formula is C17H23N3O5. The molecule has 1 aromatic rings. The van der Waals surface area contributed by atoms with Gasteiger partial charge in [0.1, 0.15) is 12.2 Å². The second kappa shape index (κ2) is 6.51. The maximum absolute atomic E-state index is 12.3. The summed E-state index contributed by atoms with van der Waals surface area (Å²) in [5.41, 5.74) is 0.258. The Morgan fingerprint density at radius 3 is 2.80 bits per heavy atom. The average molecular weight is 349 g/mol. The summed E-state index contributed by atoms with van der Waals surface area (Å²) in [6.07, 6.45) is -0.333. The van der Waals surface area contributed by atoms with Crippen LogP contribution >= 0.6 is 0 Å². The standard InChI is InChI=1S/C17H23N3O5/c1-17(2,3)25-16(21)19-8-7-18-9-12-5-4-6-14(20(22)23)15(12)24-11-13(18)10-19/h4-6,13H,7-11H2,1-3H3. The van der Waals surface area contributed by atoms with Crippen LogP contribution in [0, 0.1) is 10.1 Å². The van der Waals surface area contributed by atoms with Crippen molar-refractivity contribution >= 4 is 11.8 Å². The van der Waals surface area contributed by atoms with Gasteiger partial charge in [-0.3, -0.25) is 15.0 Å². The van der Waals surface area contributed by atoms with Crippen molar-refractivity contribution in [2.24, 2.45) is 0 Å². The summed E-state index contributed by atoms with van der Waals surface area (Å²) >= 11 is 0. The van der Waals surface area contributed by atoms with Crippen LogP contribution in [-0.2, 0) is 11.3 Å². The molecule has 0 saturated carbocycles. The van der Waals surface area contributed by atoms with Crippen LogP contribution in [0.3, 0.4) is 0 Å². The van der Waals surface area contributed by atoms with Crippen molar-refractivity contribution in [2.45, 2.75) is 39.0 Å². The van der Waals surface area contributed by atoms with Gasteiger partial charge >= 0.3 is 11.8 Å². The molecule has 2 aliphatic heterocycles.